The molecule has 0 fully saturated rings. The quantitative estimate of drug-likeness (QED) is 0.662. The van der Waals surface area contributed by atoms with E-state index in [9.17, 15) is 0 Å². The van der Waals surface area contributed by atoms with E-state index in [1.54, 1.807) is 6.20 Å². The fourth-order valence-electron chi connectivity index (χ4n) is 1.12. The number of rotatable bonds is 2. The van der Waals surface area contributed by atoms with Gasteiger partial charge in [0, 0.05) is 18.1 Å². The van der Waals surface area contributed by atoms with Crippen LogP contribution >= 0.6 is 11.6 Å². The SMILES string of the molecule is C=C(CC)N1C=CN=C(Cl)C1=CC. The van der Waals surface area contributed by atoms with E-state index in [1.165, 1.54) is 0 Å². The van der Waals surface area contributed by atoms with Crippen molar-refractivity contribution in [2.24, 2.45) is 4.99 Å². The van der Waals surface area contributed by atoms with Gasteiger partial charge in [-0.25, -0.2) is 4.99 Å². The van der Waals surface area contributed by atoms with Crippen LogP contribution in [0.15, 0.2) is 41.4 Å². The zero-order valence-corrected chi connectivity index (χ0v) is 8.67. The Morgan fingerprint density at radius 1 is 1.77 bits per heavy atom. The van der Waals surface area contributed by atoms with Gasteiger partial charge in [-0.1, -0.05) is 31.2 Å². The van der Waals surface area contributed by atoms with Gasteiger partial charge in [-0.05, 0) is 13.3 Å². The molecule has 0 radical (unpaired) electrons. The minimum absolute atomic E-state index is 0.514. The third-order valence-corrected chi connectivity index (χ3v) is 2.19. The highest BCUT2D eigenvalue weighted by atomic mass is 35.5. The van der Waals surface area contributed by atoms with Crippen molar-refractivity contribution in [2.45, 2.75) is 20.3 Å². The molecule has 1 rings (SSSR count). The van der Waals surface area contributed by atoms with Crippen molar-refractivity contribution >= 4 is 16.8 Å². The zero-order valence-electron chi connectivity index (χ0n) is 7.92. The van der Waals surface area contributed by atoms with Crippen molar-refractivity contribution in [3.05, 3.63) is 36.4 Å². The Labute approximate surface area is 83.9 Å². The first kappa shape index (κ1) is 10.1. The van der Waals surface area contributed by atoms with Gasteiger partial charge in [-0.2, -0.15) is 0 Å². The molecule has 0 saturated carbocycles. The van der Waals surface area contributed by atoms with Crippen molar-refractivity contribution in [2.75, 3.05) is 0 Å². The normalized spacial score (nSPS) is 19.2. The Kier molecular flexibility index (Phi) is 3.32. The highest BCUT2D eigenvalue weighted by Crippen LogP contribution is 2.21. The van der Waals surface area contributed by atoms with E-state index in [4.69, 9.17) is 11.6 Å². The molecule has 1 aliphatic heterocycles. The van der Waals surface area contributed by atoms with Gasteiger partial charge < -0.3 is 4.90 Å². The second-order valence-corrected chi connectivity index (χ2v) is 3.04. The summed E-state index contributed by atoms with van der Waals surface area (Å²) in [5.41, 5.74) is 1.91. The highest BCUT2D eigenvalue weighted by molar-refractivity contribution is 6.69. The third-order valence-electron chi connectivity index (χ3n) is 1.90. The Bertz CT molecular complexity index is 300. The molecule has 0 bridgehead atoms. The zero-order chi connectivity index (χ0) is 9.84. The van der Waals surface area contributed by atoms with E-state index in [-0.39, 0.29) is 0 Å². The molecule has 0 aromatic rings. The minimum Gasteiger partial charge on any atom is -0.317 e. The van der Waals surface area contributed by atoms with E-state index >= 15 is 0 Å². The molecular formula is C10H13ClN2. The maximum Gasteiger partial charge on any atom is 0.152 e. The maximum absolute atomic E-state index is 5.93. The van der Waals surface area contributed by atoms with Gasteiger partial charge in [0.1, 0.15) is 0 Å². The van der Waals surface area contributed by atoms with Crippen LogP contribution in [0.4, 0.5) is 0 Å². The van der Waals surface area contributed by atoms with Crippen LogP contribution in [0.3, 0.4) is 0 Å². The summed E-state index contributed by atoms with van der Waals surface area (Å²) in [5.74, 6) is 0. The number of nitrogens with zero attached hydrogens (tertiary/aromatic N) is 2. The fourth-order valence-corrected chi connectivity index (χ4v) is 1.37. The second kappa shape index (κ2) is 4.28. The molecule has 0 spiro atoms. The summed E-state index contributed by atoms with van der Waals surface area (Å²) in [6.45, 7) is 7.94. The first-order valence-corrected chi connectivity index (χ1v) is 4.62. The standard InChI is InChI=1S/C10H13ClN2/c1-4-8(3)13-7-6-12-10(11)9(13)5-2/h5-7H,3-4H2,1-2H3. The van der Waals surface area contributed by atoms with Crippen molar-refractivity contribution in [3.8, 4) is 0 Å². The van der Waals surface area contributed by atoms with Crippen LogP contribution in [0.25, 0.3) is 0 Å². The van der Waals surface area contributed by atoms with E-state index in [2.05, 4.69) is 18.5 Å². The lowest BCUT2D eigenvalue weighted by atomic mass is 10.2. The Morgan fingerprint density at radius 2 is 2.46 bits per heavy atom. The molecule has 0 unspecified atom stereocenters. The van der Waals surface area contributed by atoms with Crippen LogP contribution in [-0.2, 0) is 0 Å². The summed E-state index contributed by atoms with van der Waals surface area (Å²) in [4.78, 5) is 5.95. The number of hydrogen-bond donors (Lipinski definition) is 0. The summed E-state index contributed by atoms with van der Waals surface area (Å²) in [6, 6.07) is 0. The molecule has 0 amide bonds. The molecule has 0 N–H and O–H groups in total. The lowest BCUT2D eigenvalue weighted by Gasteiger charge is -2.25. The van der Waals surface area contributed by atoms with Gasteiger partial charge in [-0.15, -0.1) is 0 Å². The van der Waals surface area contributed by atoms with Gasteiger partial charge in [0.15, 0.2) is 5.17 Å². The molecule has 0 aromatic carbocycles. The van der Waals surface area contributed by atoms with Gasteiger partial charge in [-0.3, -0.25) is 0 Å². The monoisotopic (exact) mass is 196 g/mol. The molecular weight excluding hydrogens is 184 g/mol. The van der Waals surface area contributed by atoms with Crippen molar-refractivity contribution in [1.82, 2.24) is 4.90 Å². The third kappa shape index (κ3) is 2.01. The number of hydrogen-bond acceptors (Lipinski definition) is 2. The van der Waals surface area contributed by atoms with E-state index in [0.29, 0.717) is 5.17 Å². The van der Waals surface area contributed by atoms with Crippen molar-refractivity contribution < 1.29 is 0 Å². The van der Waals surface area contributed by atoms with Gasteiger partial charge in [0.05, 0.1) is 5.70 Å². The van der Waals surface area contributed by atoms with Crippen LogP contribution in [0.2, 0.25) is 0 Å². The predicted molar refractivity (Wildman–Crippen MR) is 57.5 cm³/mol. The largest absolute Gasteiger partial charge is 0.317 e. The molecule has 13 heavy (non-hydrogen) atoms. The van der Waals surface area contributed by atoms with Crippen LogP contribution < -0.4 is 0 Å². The first-order valence-electron chi connectivity index (χ1n) is 4.24. The van der Waals surface area contributed by atoms with Crippen LogP contribution in [0, 0.1) is 0 Å². The number of halogens is 1. The highest BCUT2D eigenvalue weighted by Gasteiger charge is 2.15. The molecule has 0 aliphatic carbocycles. The predicted octanol–water partition coefficient (Wildman–Crippen LogP) is 3.24. The average Bonchev–Trinajstić information content (AvgIpc) is 2.16. The van der Waals surface area contributed by atoms with Crippen LogP contribution in [0.5, 0.6) is 0 Å². The van der Waals surface area contributed by atoms with Crippen molar-refractivity contribution in [1.29, 1.82) is 0 Å². The van der Waals surface area contributed by atoms with E-state index in [0.717, 1.165) is 17.8 Å². The van der Waals surface area contributed by atoms with Crippen LogP contribution in [0.1, 0.15) is 20.3 Å². The van der Waals surface area contributed by atoms with E-state index < -0.39 is 0 Å². The molecule has 70 valence electrons. The fraction of sp³-hybridized carbons (Fsp3) is 0.300. The molecule has 1 aliphatic rings. The lowest BCUT2D eigenvalue weighted by Crippen LogP contribution is -2.21. The summed E-state index contributed by atoms with van der Waals surface area (Å²) in [7, 11) is 0. The Balaban J connectivity index is 2.95. The summed E-state index contributed by atoms with van der Waals surface area (Å²) in [6.07, 6.45) is 6.37. The Morgan fingerprint density at radius 3 is 3.00 bits per heavy atom. The minimum atomic E-state index is 0.514. The number of allylic oxidation sites excluding steroid dienone is 3. The molecule has 1 heterocycles. The Hall–Kier alpha value is -1.02. The summed E-state index contributed by atoms with van der Waals surface area (Å²) >= 11 is 5.93. The molecule has 0 aromatic heterocycles. The average molecular weight is 197 g/mol. The first-order chi connectivity index (χ1) is 6.20. The van der Waals surface area contributed by atoms with Crippen molar-refractivity contribution in [3.63, 3.8) is 0 Å². The molecule has 0 atom stereocenters. The number of aliphatic imine (C=N–C) groups is 1. The molecule has 2 nitrogen and oxygen atoms in total. The molecule has 0 saturated heterocycles. The topological polar surface area (TPSA) is 15.6 Å². The second-order valence-electron chi connectivity index (χ2n) is 2.68. The van der Waals surface area contributed by atoms with Gasteiger partial charge in [0.25, 0.3) is 0 Å². The van der Waals surface area contributed by atoms with E-state index in [1.807, 2.05) is 24.1 Å². The van der Waals surface area contributed by atoms with Gasteiger partial charge in [0.2, 0.25) is 0 Å². The van der Waals surface area contributed by atoms with Gasteiger partial charge >= 0.3 is 0 Å². The maximum atomic E-state index is 5.93. The summed E-state index contributed by atoms with van der Waals surface area (Å²) < 4.78 is 0. The smallest absolute Gasteiger partial charge is 0.152 e. The molecule has 3 heteroatoms. The lowest BCUT2D eigenvalue weighted by molar-refractivity contribution is 0.575. The summed E-state index contributed by atoms with van der Waals surface area (Å²) in [5, 5.41) is 0.514. The van der Waals surface area contributed by atoms with Crippen LogP contribution in [-0.4, -0.2) is 10.1 Å².